The molecular formula is C12H20N4O2. The molecule has 2 rings (SSSR count). The SMILES string of the molecule is Cn1ncc2c1NC[C@@H](NC(=O)OC(C)(C)C)C2. The molecule has 1 amide bonds. The van der Waals surface area contributed by atoms with Crippen LogP contribution in [0.2, 0.25) is 0 Å². The van der Waals surface area contributed by atoms with Crippen molar-refractivity contribution < 1.29 is 9.53 Å². The third kappa shape index (κ3) is 2.94. The van der Waals surface area contributed by atoms with Crippen LogP contribution in [0.25, 0.3) is 0 Å². The molecule has 2 heterocycles. The summed E-state index contributed by atoms with van der Waals surface area (Å²) in [7, 11) is 1.90. The Balaban J connectivity index is 1.92. The summed E-state index contributed by atoms with van der Waals surface area (Å²) in [4.78, 5) is 11.7. The van der Waals surface area contributed by atoms with E-state index in [1.807, 2.05) is 34.0 Å². The molecule has 1 aromatic heterocycles. The third-order valence-electron chi connectivity index (χ3n) is 2.72. The number of alkyl carbamates (subject to hydrolysis) is 1. The van der Waals surface area contributed by atoms with Gasteiger partial charge in [-0.05, 0) is 27.2 Å². The molecule has 0 spiro atoms. The minimum absolute atomic E-state index is 0.0385. The largest absolute Gasteiger partial charge is 0.444 e. The van der Waals surface area contributed by atoms with Crippen LogP contribution in [-0.4, -0.2) is 34.1 Å². The van der Waals surface area contributed by atoms with Gasteiger partial charge in [0.1, 0.15) is 11.4 Å². The molecule has 0 radical (unpaired) electrons. The van der Waals surface area contributed by atoms with Crippen molar-refractivity contribution >= 4 is 11.9 Å². The topological polar surface area (TPSA) is 68.2 Å². The summed E-state index contributed by atoms with van der Waals surface area (Å²) >= 11 is 0. The number of carbonyl (C=O) groups is 1. The fourth-order valence-electron chi connectivity index (χ4n) is 1.99. The zero-order valence-corrected chi connectivity index (χ0v) is 11.3. The highest BCUT2D eigenvalue weighted by atomic mass is 16.6. The van der Waals surface area contributed by atoms with Gasteiger partial charge in [-0.1, -0.05) is 0 Å². The smallest absolute Gasteiger partial charge is 0.407 e. The first-order valence-electron chi connectivity index (χ1n) is 6.09. The first kappa shape index (κ1) is 12.7. The van der Waals surface area contributed by atoms with E-state index in [1.54, 1.807) is 4.68 Å². The maximum absolute atomic E-state index is 11.7. The molecular weight excluding hydrogens is 232 g/mol. The first-order chi connectivity index (χ1) is 8.35. The Hall–Kier alpha value is -1.72. The number of rotatable bonds is 1. The number of ether oxygens (including phenoxy) is 1. The molecule has 0 saturated carbocycles. The lowest BCUT2D eigenvalue weighted by atomic mass is 10.1. The number of nitrogens with zero attached hydrogens (tertiary/aromatic N) is 2. The van der Waals surface area contributed by atoms with Crippen LogP contribution in [-0.2, 0) is 18.2 Å². The zero-order valence-electron chi connectivity index (χ0n) is 11.3. The lowest BCUT2D eigenvalue weighted by molar-refractivity contribution is 0.0506. The van der Waals surface area contributed by atoms with Gasteiger partial charge >= 0.3 is 6.09 Å². The minimum atomic E-state index is -0.467. The van der Waals surface area contributed by atoms with Gasteiger partial charge in [-0.3, -0.25) is 4.68 Å². The van der Waals surface area contributed by atoms with Crippen molar-refractivity contribution in [2.75, 3.05) is 11.9 Å². The van der Waals surface area contributed by atoms with E-state index in [9.17, 15) is 4.79 Å². The molecule has 1 aliphatic rings. The minimum Gasteiger partial charge on any atom is -0.444 e. The normalized spacial score (nSPS) is 18.8. The zero-order chi connectivity index (χ0) is 13.3. The lowest BCUT2D eigenvalue weighted by Gasteiger charge is -2.27. The maximum Gasteiger partial charge on any atom is 0.407 e. The van der Waals surface area contributed by atoms with Crippen molar-refractivity contribution in [1.29, 1.82) is 0 Å². The van der Waals surface area contributed by atoms with E-state index in [4.69, 9.17) is 4.74 Å². The average molecular weight is 252 g/mol. The molecule has 0 saturated heterocycles. The Bertz CT molecular complexity index is 447. The highest BCUT2D eigenvalue weighted by molar-refractivity contribution is 5.68. The third-order valence-corrected chi connectivity index (χ3v) is 2.72. The van der Waals surface area contributed by atoms with Crippen molar-refractivity contribution in [3.8, 4) is 0 Å². The molecule has 18 heavy (non-hydrogen) atoms. The summed E-state index contributed by atoms with van der Waals surface area (Å²) in [5.74, 6) is 1.03. The molecule has 0 fully saturated rings. The number of hydrogen-bond donors (Lipinski definition) is 2. The average Bonchev–Trinajstić information content (AvgIpc) is 2.57. The Labute approximate surface area is 107 Å². The van der Waals surface area contributed by atoms with Gasteiger partial charge in [0.25, 0.3) is 0 Å². The van der Waals surface area contributed by atoms with Crippen molar-refractivity contribution in [3.63, 3.8) is 0 Å². The summed E-state index contributed by atoms with van der Waals surface area (Å²) in [5, 5.41) is 10.3. The van der Waals surface area contributed by atoms with Gasteiger partial charge in [0.05, 0.1) is 12.2 Å². The van der Waals surface area contributed by atoms with Crippen LogP contribution < -0.4 is 10.6 Å². The summed E-state index contributed by atoms with van der Waals surface area (Å²) in [6, 6.07) is 0.0385. The summed E-state index contributed by atoms with van der Waals surface area (Å²) in [5.41, 5.74) is 0.649. The molecule has 6 heteroatoms. The van der Waals surface area contributed by atoms with Crippen LogP contribution in [0.1, 0.15) is 26.3 Å². The van der Waals surface area contributed by atoms with Crippen LogP contribution in [0.15, 0.2) is 6.20 Å². The molecule has 100 valence electrons. The molecule has 2 N–H and O–H groups in total. The molecule has 0 unspecified atom stereocenters. The molecule has 0 aliphatic carbocycles. The standard InChI is InChI=1S/C12H20N4O2/c1-12(2,3)18-11(17)15-9-5-8-6-14-16(4)10(8)13-7-9/h6,9,13H,5,7H2,1-4H3,(H,15,17)/t9-/m0/s1. The summed E-state index contributed by atoms with van der Waals surface area (Å²) in [6.07, 6.45) is 2.22. The Morgan fingerprint density at radius 3 is 3.00 bits per heavy atom. The van der Waals surface area contributed by atoms with Crippen LogP contribution in [0.5, 0.6) is 0 Å². The van der Waals surface area contributed by atoms with Crippen LogP contribution in [0.4, 0.5) is 10.6 Å². The fraction of sp³-hybridized carbons (Fsp3) is 0.667. The fourth-order valence-corrected chi connectivity index (χ4v) is 1.99. The van der Waals surface area contributed by atoms with Gasteiger partial charge < -0.3 is 15.4 Å². The number of anilines is 1. The number of nitrogens with one attached hydrogen (secondary N) is 2. The van der Waals surface area contributed by atoms with E-state index in [0.29, 0.717) is 6.54 Å². The predicted octanol–water partition coefficient (Wildman–Crippen LogP) is 1.28. The Morgan fingerprint density at radius 1 is 1.61 bits per heavy atom. The van der Waals surface area contributed by atoms with Crippen molar-refractivity contribution in [1.82, 2.24) is 15.1 Å². The number of aryl methyl sites for hydroxylation is 1. The van der Waals surface area contributed by atoms with Crippen LogP contribution in [0.3, 0.4) is 0 Å². The lowest BCUT2D eigenvalue weighted by Crippen LogP contribution is -2.45. The second-order valence-electron chi connectivity index (χ2n) is 5.57. The second kappa shape index (κ2) is 4.51. The van der Waals surface area contributed by atoms with Crippen LogP contribution in [0, 0.1) is 0 Å². The molecule has 1 aliphatic heterocycles. The molecule has 6 nitrogen and oxygen atoms in total. The number of carbonyl (C=O) groups excluding carboxylic acids is 1. The van der Waals surface area contributed by atoms with Gasteiger partial charge in [0.15, 0.2) is 0 Å². The van der Waals surface area contributed by atoms with E-state index < -0.39 is 5.60 Å². The van der Waals surface area contributed by atoms with E-state index in [2.05, 4.69) is 15.7 Å². The Morgan fingerprint density at radius 2 is 2.33 bits per heavy atom. The first-order valence-corrected chi connectivity index (χ1v) is 6.09. The molecule has 0 aromatic carbocycles. The highest BCUT2D eigenvalue weighted by Gasteiger charge is 2.24. The van der Waals surface area contributed by atoms with Crippen molar-refractivity contribution in [2.45, 2.75) is 38.8 Å². The number of aromatic nitrogens is 2. The monoisotopic (exact) mass is 252 g/mol. The number of amides is 1. The van der Waals surface area contributed by atoms with Crippen molar-refractivity contribution in [3.05, 3.63) is 11.8 Å². The van der Waals surface area contributed by atoms with Gasteiger partial charge in [-0.2, -0.15) is 5.10 Å². The quantitative estimate of drug-likeness (QED) is 0.790. The summed E-state index contributed by atoms with van der Waals surface area (Å²) in [6.45, 7) is 6.24. The summed E-state index contributed by atoms with van der Waals surface area (Å²) < 4.78 is 7.04. The van der Waals surface area contributed by atoms with E-state index in [-0.39, 0.29) is 12.1 Å². The molecule has 1 atom stereocenters. The van der Waals surface area contributed by atoms with Gasteiger partial charge in [0.2, 0.25) is 0 Å². The van der Waals surface area contributed by atoms with E-state index in [0.717, 1.165) is 17.8 Å². The highest BCUT2D eigenvalue weighted by Crippen LogP contribution is 2.20. The van der Waals surface area contributed by atoms with E-state index >= 15 is 0 Å². The van der Waals surface area contributed by atoms with Crippen molar-refractivity contribution in [2.24, 2.45) is 7.05 Å². The van der Waals surface area contributed by atoms with Gasteiger partial charge in [-0.15, -0.1) is 0 Å². The van der Waals surface area contributed by atoms with Gasteiger partial charge in [0, 0.05) is 19.2 Å². The molecule has 1 aromatic rings. The van der Waals surface area contributed by atoms with Gasteiger partial charge in [-0.25, -0.2) is 4.79 Å². The number of fused-ring (bicyclic) bond motifs is 1. The molecule has 0 bridgehead atoms. The number of hydrogen-bond acceptors (Lipinski definition) is 4. The predicted molar refractivity (Wildman–Crippen MR) is 68.6 cm³/mol. The van der Waals surface area contributed by atoms with E-state index in [1.165, 1.54) is 0 Å². The van der Waals surface area contributed by atoms with Crippen LogP contribution >= 0.6 is 0 Å². The maximum atomic E-state index is 11.7. The Kier molecular flexibility index (Phi) is 3.19. The second-order valence-corrected chi connectivity index (χ2v) is 5.57.